The summed E-state index contributed by atoms with van der Waals surface area (Å²) in [5, 5.41) is 3.99. The fourth-order valence-electron chi connectivity index (χ4n) is 3.26. The fraction of sp³-hybridized carbons (Fsp3) is 0.381. The highest BCUT2D eigenvalue weighted by atomic mass is 32.1. The molecule has 5 heteroatoms. The predicted molar refractivity (Wildman–Crippen MR) is 108 cm³/mol. The van der Waals surface area contributed by atoms with Crippen LogP contribution >= 0.6 is 12.2 Å². The topological polar surface area (TPSA) is 24.5 Å². The molecule has 3 nitrogen and oxygen atoms in total. The Bertz CT molecular complexity index is 774. The molecule has 2 aromatic carbocycles. The largest absolute Gasteiger partial charge is 0.376 e. The first-order chi connectivity index (χ1) is 12.5. The monoisotopic (exact) mass is 372 g/mol. The highest BCUT2D eigenvalue weighted by molar-refractivity contribution is 7.80. The average molecular weight is 373 g/mol. The molecule has 0 radical (unpaired) electrons. The van der Waals surface area contributed by atoms with Crippen molar-refractivity contribution in [2.24, 2.45) is 0 Å². The Labute approximate surface area is 160 Å². The van der Waals surface area contributed by atoms with Crippen molar-refractivity contribution in [3.8, 4) is 0 Å². The molecule has 26 heavy (non-hydrogen) atoms. The summed E-state index contributed by atoms with van der Waals surface area (Å²) in [5.74, 6) is -0.229. The molecule has 0 aliphatic carbocycles. The molecule has 2 aromatic rings. The van der Waals surface area contributed by atoms with Gasteiger partial charge in [-0.05, 0) is 68.2 Å². The normalized spacial score (nSPS) is 16.5. The maximum atomic E-state index is 13.6. The van der Waals surface area contributed by atoms with Crippen LogP contribution in [0.2, 0.25) is 0 Å². The van der Waals surface area contributed by atoms with E-state index in [0.717, 1.165) is 36.3 Å². The molecule has 0 amide bonds. The van der Waals surface area contributed by atoms with E-state index < -0.39 is 0 Å². The summed E-state index contributed by atoms with van der Waals surface area (Å²) in [6.45, 7) is 6.19. The minimum atomic E-state index is -0.229. The minimum Gasteiger partial charge on any atom is -0.376 e. The lowest BCUT2D eigenvalue weighted by Crippen LogP contribution is -2.39. The zero-order valence-electron chi connectivity index (χ0n) is 15.3. The first-order valence-corrected chi connectivity index (χ1v) is 9.41. The van der Waals surface area contributed by atoms with E-state index in [-0.39, 0.29) is 11.9 Å². The van der Waals surface area contributed by atoms with Gasteiger partial charge in [0.05, 0.1) is 6.10 Å². The van der Waals surface area contributed by atoms with Gasteiger partial charge in [0.1, 0.15) is 5.82 Å². The lowest BCUT2D eigenvalue weighted by atomic mass is 10.1. The minimum absolute atomic E-state index is 0.169. The summed E-state index contributed by atoms with van der Waals surface area (Å²) in [5.41, 5.74) is 4.26. The number of anilines is 1. The predicted octanol–water partition coefficient (Wildman–Crippen LogP) is 4.82. The molecule has 1 fully saturated rings. The number of aryl methyl sites for hydroxylation is 2. The van der Waals surface area contributed by atoms with E-state index in [4.69, 9.17) is 17.0 Å². The van der Waals surface area contributed by atoms with Gasteiger partial charge in [-0.3, -0.25) is 0 Å². The van der Waals surface area contributed by atoms with Gasteiger partial charge in [0, 0.05) is 25.4 Å². The molecular formula is C21H25FN2OS. The van der Waals surface area contributed by atoms with Crippen LogP contribution in [0.15, 0.2) is 42.5 Å². The van der Waals surface area contributed by atoms with Gasteiger partial charge in [0.2, 0.25) is 0 Å². The third-order valence-corrected chi connectivity index (χ3v) is 4.98. The molecule has 1 aliphatic heterocycles. The van der Waals surface area contributed by atoms with Gasteiger partial charge < -0.3 is 15.0 Å². The van der Waals surface area contributed by atoms with Crippen LogP contribution in [-0.2, 0) is 11.3 Å². The van der Waals surface area contributed by atoms with E-state index in [1.165, 1.54) is 11.6 Å². The second kappa shape index (κ2) is 8.60. The van der Waals surface area contributed by atoms with E-state index in [0.29, 0.717) is 18.2 Å². The molecular weight excluding hydrogens is 347 g/mol. The second-order valence-electron chi connectivity index (χ2n) is 6.89. The zero-order valence-corrected chi connectivity index (χ0v) is 16.1. The summed E-state index contributed by atoms with van der Waals surface area (Å²) >= 11 is 5.68. The third kappa shape index (κ3) is 5.02. The number of benzene rings is 2. The fourth-order valence-corrected chi connectivity index (χ4v) is 3.51. The van der Waals surface area contributed by atoms with Crippen LogP contribution in [0, 0.1) is 19.7 Å². The lowest BCUT2D eigenvalue weighted by Gasteiger charge is -2.29. The Kier molecular flexibility index (Phi) is 6.22. The molecule has 0 aromatic heterocycles. The van der Waals surface area contributed by atoms with Crippen molar-refractivity contribution < 1.29 is 9.13 Å². The maximum absolute atomic E-state index is 13.6. The number of thiocarbonyl (C=S) groups is 1. The van der Waals surface area contributed by atoms with Crippen molar-refractivity contribution in [3.05, 3.63) is 65.0 Å². The SMILES string of the molecule is Cc1ccc(NC(=S)N(Cc2cccc(F)c2)CC2CCCO2)c(C)c1. The number of rotatable bonds is 5. The molecule has 1 heterocycles. The number of ether oxygens (including phenoxy) is 1. The van der Waals surface area contributed by atoms with Crippen molar-refractivity contribution >= 4 is 23.0 Å². The highest BCUT2D eigenvalue weighted by Gasteiger charge is 2.21. The number of nitrogens with zero attached hydrogens (tertiary/aromatic N) is 1. The van der Waals surface area contributed by atoms with E-state index in [1.807, 2.05) is 12.1 Å². The van der Waals surface area contributed by atoms with Gasteiger partial charge in [0.25, 0.3) is 0 Å². The summed E-state index contributed by atoms with van der Waals surface area (Å²) in [6.07, 6.45) is 2.28. The van der Waals surface area contributed by atoms with Crippen LogP contribution in [0.5, 0.6) is 0 Å². The Hall–Kier alpha value is -1.98. The molecule has 0 bridgehead atoms. The smallest absolute Gasteiger partial charge is 0.173 e. The summed E-state index contributed by atoms with van der Waals surface area (Å²) in [6, 6.07) is 12.9. The van der Waals surface area contributed by atoms with Crippen molar-refractivity contribution in [2.45, 2.75) is 39.3 Å². The summed E-state index contributed by atoms with van der Waals surface area (Å²) in [7, 11) is 0. The lowest BCUT2D eigenvalue weighted by molar-refractivity contribution is 0.0905. The van der Waals surface area contributed by atoms with E-state index in [2.05, 4.69) is 36.2 Å². The number of halogens is 1. The number of hydrogen-bond acceptors (Lipinski definition) is 2. The third-order valence-electron chi connectivity index (χ3n) is 4.62. The number of hydrogen-bond donors (Lipinski definition) is 1. The van der Waals surface area contributed by atoms with Crippen LogP contribution in [-0.4, -0.2) is 29.3 Å². The average Bonchev–Trinajstić information content (AvgIpc) is 3.10. The van der Waals surface area contributed by atoms with E-state index >= 15 is 0 Å². The van der Waals surface area contributed by atoms with Gasteiger partial charge in [0.15, 0.2) is 5.11 Å². The van der Waals surface area contributed by atoms with E-state index in [9.17, 15) is 4.39 Å². The van der Waals surface area contributed by atoms with Gasteiger partial charge >= 0.3 is 0 Å². The van der Waals surface area contributed by atoms with Crippen molar-refractivity contribution in [2.75, 3.05) is 18.5 Å². The van der Waals surface area contributed by atoms with Crippen molar-refractivity contribution in [3.63, 3.8) is 0 Å². The second-order valence-corrected chi connectivity index (χ2v) is 7.28. The Morgan fingerprint density at radius 3 is 2.81 bits per heavy atom. The Morgan fingerprint density at radius 1 is 1.27 bits per heavy atom. The van der Waals surface area contributed by atoms with Crippen LogP contribution in [0.25, 0.3) is 0 Å². The molecule has 1 aliphatic rings. The summed E-state index contributed by atoms with van der Waals surface area (Å²) in [4.78, 5) is 2.07. The van der Waals surface area contributed by atoms with Gasteiger partial charge in [-0.25, -0.2) is 4.39 Å². The first-order valence-electron chi connectivity index (χ1n) is 9.00. The number of nitrogens with one attached hydrogen (secondary N) is 1. The molecule has 0 spiro atoms. The van der Waals surface area contributed by atoms with E-state index in [1.54, 1.807) is 12.1 Å². The molecule has 138 valence electrons. The van der Waals surface area contributed by atoms with Gasteiger partial charge in [-0.1, -0.05) is 29.8 Å². The van der Waals surface area contributed by atoms with Crippen molar-refractivity contribution in [1.29, 1.82) is 0 Å². The molecule has 1 N–H and O–H groups in total. The van der Waals surface area contributed by atoms with Crippen molar-refractivity contribution in [1.82, 2.24) is 4.90 Å². The van der Waals surface area contributed by atoms with Crippen LogP contribution in [0.4, 0.5) is 10.1 Å². The first kappa shape index (κ1) is 18.8. The van der Waals surface area contributed by atoms with Crippen LogP contribution in [0.1, 0.15) is 29.5 Å². The molecule has 1 atom stereocenters. The molecule has 3 rings (SSSR count). The van der Waals surface area contributed by atoms with Crippen LogP contribution < -0.4 is 5.32 Å². The quantitative estimate of drug-likeness (QED) is 0.761. The molecule has 1 saturated heterocycles. The molecule has 1 unspecified atom stereocenters. The van der Waals surface area contributed by atoms with Gasteiger partial charge in [-0.2, -0.15) is 0 Å². The zero-order chi connectivity index (χ0) is 18.5. The van der Waals surface area contributed by atoms with Crippen LogP contribution in [0.3, 0.4) is 0 Å². The standard InChI is InChI=1S/C21H25FN2OS/c1-15-8-9-20(16(2)11-15)23-21(26)24(14-19-7-4-10-25-19)13-17-5-3-6-18(22)12-17/h3,5-6,8-9,11-12,19H,4,7,10,13-14H2,1-2H3,(H,23,26). The molecule has 0 saturated carbocycles. The van der Waals surface area contributed by atoms with Gasteiger partial charge in [-0.15, -0.1) is 0 Å². The Morgan fingerprint density at radius 2 is 2.12 bits per heavy atom. The Balaban J connectivity index is 1.75. The summed E-state index contributed by atoms with van der Waals surface area (Å²) < 4.78 is 19.4. The highest BCUT2D eigenvalue weighted by Crippen LogP contribution is 2.20. The maximum Gasteiger partial charge on any atom is 0.173 e.